The predicted octanol–water partition coefficient (Wildman–Crippen LogP) is 6.06. The summed E-state index contributed by atoms with van der Waals surface area (Å²) in [6.45, 7) is 7.83. The van der Waals surface area contributed by atoms with Gasteiger partial charge in [-0.2, -0.15) is 9.78 Å². The Morgan fingerprint density at radius 3 is 2.55 bits per heavy atom. The van der Waals surface area contributed by atoms with E-state index in [9.17, 15) is 9.59 Å². The summed E-state index contributed by atoms with van der Waals surface area (Å²) < 4.78 is 14.4. The van der Waals surface area contributed by atoms with Gasteiger partial charge in [0.15, 0.2) is 6.10 Å². The van der Waals surface area contributed by atoms with Gasteiger partial charge in [0.2, 0.25) is 0 Å². The Labute approximate surface area is 234 Å². The fourth-order valence-corrected chi connectivity index (χ4v) is 5.50. The lowest BCUT2D eigenvalue weighted by atomic mass is 9.88. The van der Waals surface area contributed by atoms with Crippen LogP contribution in [0.25, 0.3) is 16.6 Å². The molecule has 0 amide bonds. The number of carbonyl (C=O) groups is 1. The smallest absolute Gasteiger partial charge is 0.347 e. The van der Waals surface area contributed by atoms with Gasteiger partial charge in [0.1, 0.15) is 11.6 Å². The highest BCUT2D eigenvalue weighted by atomic mass is 16.6. The zero-order valence-electron chi connectivity index (χ0n) is 23.6. The number of hydrogen-bond acceptors (Lipinski definition) is 6. The Morgan fingerprint density at radius 2 is 1.82 bits per heavy atom. The number of ether oxygens (including phenoxy) is 2. The fourth-order valence-electron chi connectivity index (χ4n) is 5.50. The lowest BCUT2D eigenvalue weighted by Crippen LogP contribution is -2.26. The second-order valence-corrected chi connectivity index (χ2v) is 10.4. The van der Waals surface area contributed by atoms with Gasteiger partial charge < -0.3 is 14.0 Å². The molecule has 1 fully saturated rings. The highest BCUT2D eigenvalue weighted by molar-refractivity contribution is 5.82. The number of para-hydroxylation sites is 1. The first kappa shape index (κ1) is 27.4. The molecule has 4 aromatic rings. The summed E-state index contributed by atoms with van der Waals surface area (Å²) in [7, 11) is 0. The van der Waals surface area contributed by atoms with Gasteiger partial charge in [0.05, 0.1) is 23.7 Å². The van der Waals surface area contributed by atoms with Gasteiger partial charge in [-0.3, -0.25) is 4.79 Å². The number of fused-ring (bicyclic) bond motifs is 1. The van der Waals surface area contributed by atoms with Gasteiger partial charge in [0, 0.05) is 28.6 Å². The topological polar surface area (TPSA) is 87.7 Å². The predicted molar refractivity (Wildman–Crippen MR) is 157 cm³/mol. The quantitative estimate of drug-likeness (QED) is 0.200. The molecule has 5 rings (SSSR count). The van der Waals surface area contributed by atoms with E-state index < -0.39 is 6.10 Å². The van der Waals surface area contributed by atoms with Crippen molar-refractivity contribution in [1.29, 1.82) is 0 Å². The summed E-state index contributed by atoms with van der Waals surface area (Å²) in [6.07, 6.45) is 6.63. The van der Waals surface area contributed by atoms with Crippen LogP contribution in [0.3, 0.4) is 0 Å². The maximum Gasteiger partial charge on any atom is 0.347 e. The normalized spacial score (nSPS) is 15.0. The number of hydrogen-bond donors (Lipinski definition) is 0. The average molecular weight is 541 g/mol. The van der Waals surface area contributed by atoms with Gasteiger partial charge in [-0.15, -0.1) is 0 Å². The number of aryl methyl sites for hydroxylation is 1. The van der Waals surface area contributed by atoms with Crippen LogP contribution in [0.4, 0.5) is 0 Å². The van der Waals surface area contributed by atoms with Crippen LogP contribution in [0.2, 0.25) is 0 Å². The van der Waals surface area contributed by atoms with Crippen LogP contribution < -0.4 is 10.3 Å². The molecule has 0 N–H and O–H groups in total. The van der Waals surface area contributed by atoms with Crippen molar-refractivity contribution < 1.29 is 14.3 Å². The monoisotopic (exact) mass is 540 g/mol. The SMILES string of the molecule is CCOC(=O)[C@@H](C)Oc1ccc(-n2c(C)cc(C=Nn3c(C4CCCCC4)nc4ccccc4c3=O)c2C)cc1. The third-order valence-corrected chi connectivity index (χ3v) is 7.56. The van der Waals surface area contributed by atoms with E-state index >= 15 is 0 Å². The van der Waals surface area contributed by atoms with Crippen molar-refractivity contribution in [2.24, 2.45) is 5.10 Å². The van der Waals surface area contributed by atoms with Crippen LogP contribution in [-0.2, 0) is 9.53 Å². The van der Waals surface area contributed by atoms with Crippen molar-refractivity contribution in [3.8, 4) is 11.4 Å². The van der Waals surface area contributed by atoms with Crippen LogP contribution in [0, 0.1) is 13.8 Å². The summed E-state index contributed by atoms with van der Waals surface area (Å²) in [4.78, 5) is 30.4. The first-order valence-electron chi connectivity index (χ1n) is 14.1. The molecule has 0 aliphatic heterocycles. The standard InChI is InChI=1S/C32H36N4O4/c1-5-39-32(38)23(4)40-27-17-15-26(16-18-27)35-21(2)19-25(22(35)3)20-33-36-30(24-11-7-6-8-12-24)34-29-14-10-9-13-28(29)31(36)37/h9-10,13-20,23-24H,5-8,11-12H2,1-4H3/t23-/m1/s1. The minimum absolute atomic E-state index is 0.135. The lowest BCUT2D eigenvalue weighted by Gasteiger charge is -2.22. The van der Waals surface area contributed by atoms with Gasteiger partial charge >= 0.3 is 5.97 Å². The summed E-state index contributed by atoms with van der Waals surface area (Å²) in [5.41, 5.74) is 4.49. The van der Waals surface area contributed by atoms with Gasteiger partial charge in [-0.1, -0.05) is 31.4 Å². The molecule has 0 saturated heterocycles. The zero-order valence-corrected chi connectivity index (χ0v) is 23.6. The average Bonchev–Trinajstić information content (AvgIpc) is 3.25. The largest absolute Gasteiger partial charge is 0.479 e. The molecular formula is C32H36N4O4. The maximum atomic E-state index is 13.5. The van der Waals surface area contributed by atoms with E-state index in [-0.39, 0.29) is 17.4 Å². The van der Waals surface area contributed by atoms with Crippen LogP contribution in [-0.4, -0.2) is 39.1 Å². The van der Waals surface area contributed by atoms with Gasteiger partial charge in [-0.25, -0.2) is 9.78 Å². The number of rotatable bonds is 8. The minimum Gasteiger partial charge on any atom is -0.479 e. The van der Waals surface area contributed by atoms with E-state index in [2.05, 4.69) is 10.6 Å². The molecule has 1 aliphatic rings. The van der Waals surface area contributed by atoms with Crippen molar-refractivity contribution in [3.63, 3.8) is 0 Å². The molecule has 2 aromatic heterocycles. The van der Waals surface area contributed by atoms with Crippen LogP contribution >= 0.6 is 0 Å². The second-order valence-electron chi connectivity index (χ2n) is 10.4. The third-order valence-electron chi connectivity index (χ3n) is 7.56. The number of carbonyl (C=O) groups excluding carboxylic acids is 1. The molecule has 8 nitrogen and oxygen atoms in total. The Bertz CT molecular complexity index is 1590. The highest BCUT2D eigenvalue weighted by Crippen LogP contribution is 2.32. The molecule has 2 heterocycles. The molecular weight excluding hydrogens is 504 g/mol. The highest BCUT2D eigenvalue weighted by Gasteiger charge is 2.22. The van der Waals surface area contributed by atoms with Crippen LogP contribution in [0.5, 0.6) is 5.75 Å². The fraction of sp³-hybridized carbons (Fsp3) is 0.375. The molecule has 0 spiro atoms. The van der Waals surface area contributed by atoms with E-state index in [0.29, 0.717) is 17.7 Å². The first-order valence-corrected chi connectivity index (χ1v) is 14.1. The summed E-state index contributed by atoms with van der Waals surface area (Å²) in [5, 5.41) is 5.30. The zero-order chi connectivity index (χ0) is 28.2. The number of esters is 1. The summed E-state index contributed by atoms with van der Waals surface area (Å²) in [5.74, 6) is 1.18. The summed E-state index contributed by atoms with van der Waals surface area (Å²) in [6, 6.07) is 17.1. The molecule has 0 bridgehead atoms. The Hall–Kier alpha value is -4.20. The van der Waals surface area contributed by atoms with E-state index in [0.717, 1.165) is 59.7 Å². The molecule has 40 heavy (non-hydrogen) atoms. The molecule has 1 saturated carbocycles. The van der Waals surface area contributed by atoms with Crippen molar-refractivity contribution in [2.75, 3.05) is 6.61 Å². The van der Waals surface area contributed by atoms with E-state index in [1.54, 1.807) is 20.1 Å². The second kappa shape index (κ2) is 11.9. The molecule has 1 atom stereocenters. The van der Waals surface area contributed by atoms with Crippen LogP contribution in [0.1, 0.15) is 74.6 Å². The molecule has 208 valence electrons. The summed E-state index contributed by atoms with van der Waals surface area (Å²) >= 11 is 0. The van der Waals surface area contributed by atoms with Crippen molar-refractivity contribution in [3.05, 3.63) is 87.7 Å². The van der Waals surface area contributed by atoms with Gasteiger partial charge in [0.25, 0.3) is 5.56 Å². The van der Waals surface area contributed by atoms with Gasteiger partial charge in [-0.05, 0) is 83.0 Å². The third kappa shape index (κ3) is 5.57. The number of nitrogens with zero attached hydrogens (tertiary/aromatic N) is 4. The van der Waals surface area contributed by atoms with Crippen molar-refractivity contribution in [2.45, 2.75) is 71.8 Å². The Kier molecular flexibility index (Phi) is 8.14. The van der Waals surface area contributed by atoms with E-state index in [4.69, 9.17) is 19.6 Å². The molecule has 1 aliphatic carbocycles. The number of benzene rings is 2. The lowest BCUT2D eigenvalue weighted by molar-refractivity contribution is -0.150. The van der Waals surface area contributed by atoms with E-state index in [1.165, 1.54) is 11.1 Å². The molecule has 0 unspecified atom stereocenters. The Morgan fingerprint density at radius 1 is 1.10 bits per heavy atom. The minimum atomic E-state index is -0.685. The van der Waals surface area contributed by atoms with Crippen molar-refractivity contribution >= 4 is 23.1 Å². The maximum absolute atomic E-state index is 13.5. The number of aromatic nitrogens is 3. The molecule has 8 heteroatoms. The molecule has 2 aromatic carbocycles. The first-order chi connectivity index (χ1) is 19.4. The van der Waals surface area contributed by atoms with Crippen molar-refractivity contribution in [1.82, 2.24) is 14.2 Å². The van der Waals surface area contributed by atoms with E-state index in [1.807, 2.05) is 62.4 Å². The Balaban J connectivity index is 1.45. The molecule has 0 radical (unpaired) electrons. The van der Waals surface area contributed by atoms with Crippen LogP contribution in [0.15, 0.2) is 64.5 Å².